The highest BCUT2D eigenvalue weighted by Crippen LogP contribution is 2.23. The van der Waals surface area contributed by atoms with Gasteiger partial charge in [0.15, 0.2) is 0 Å². The second-order valence-corrected chi connectivity index (χ2v) is 15.1. The van der Waals surface area contributed by atoms with Crippen LogP contribution in [0.5, 0.6) is 5.75 Å². The van der Waals surface area contributed by atoms with Crippen LogP contribution in [0.15, 0.2) is 59.5 Å². The third-order valence-electron chi connectivity index (χ3n) is 7.75. The van der Waals surface area contributed by atoms with Gasteiger partial charge < -0.3 is 20.5 Å². The van der Waals surface area contributed by atoms with E-state index in [1.54, 1.807) is 12.1 Å². The lowest BCUT2D eigenvalue weighted by molar-refractivity contribution is -0.133. The lowest BCUT2D eigenvalue weighted by Crippen LogP contribution is -2.59. The minimum Gasteiger partial charge on any atom is -0.497 e. The van der Waals surface area contributed by atoms with Crippen LogP contribution < -0.4 is 15.4 Å². The van der Waals surface area contributed by atoms with Crippen LogP contribution in [0.4, 0.5) is 0 Å². The van der Waals surface area contributed by atoms with Gasteiger partial charge in [0.25, 0.3) is 0 Å². The van der Waals surface area contributed by atoms with Crippen LogP contribution in [0.25, 0.3) is 0 Å². The predicted octanol–water partition coefficient (Wildman–Crippen LogP) is 3.06. The van der Waals surface area contributed by atoms with E-state index in [9.17, 15) is 23.1 Å². The summed E-state index contributed by atoms with van der Waals surface area (Å²) >= 11 is 0. The van der Waals surface area contributed by atoms with E-state index >= 15 is 0 Å². The van der Waals surface area contributed by atoms with Gasteiger partial charge in [-0.3, -0.25) is 14.5 Å². The number of aliphatic hydroxyl groups is 1. The molecule has 2 aromatic carbocycles. The summed E-state index contributed by atoms with van der Waals surface area (Å²) in [6, 6.07) is 13.8. The van der Waals surface area contributed by atoms with E-state index < -0.39 is 39.5 Å². The number of nitrogens with zero attached hydrogens (tertiary/aromatic N) is 2. The molecule has 2 aromatic rings. The Bertz CT molecular complexity index is 1310. The van der Waals surface area contributed by atoms with Crippen LogP contribution in [0.3, 0.4) is 0 Å². The van der Waals surface area contributed by atoms with Gasteiger partial charge in [-0.05, 0) is 73.5 Å². The van der Waals surface area contributed by atoms with Gasteiger partial charge in [-0.15, -0.1) is 0 Å². The molecule has 0 aromatic heterocycles. The molecule has 0 aliphatic carbocycles. The lowest BCUT2D eigenvalue weighted by Gasteiger charge is -2.35. The molecule has 244 valence electrons. The van der Waals surface area contributed by atoms with Crippen LogP contribution in [0.2, 0.25) is 0 Å². The number of amides is 2. The number of aliphatic hydroxyl groups excluding tert-OH is 1. The van der Waals surface area contributed by atoms with Crippen molar-refractivity contribution in [1.82, 2.24) is 19.8 Å². The maximum absolute atomic E-state index is 13.8. The summed E-state index contributed by atoms with van der Waals surface area (Å²) in [6.45, 7) is 11.3. The first-order valence-corrected chi connectivity index (χ1v) is 16.8. The number of carbonyl (C=O) groups is 2. The van der Waals surface area contributed by atoms with E-state index in [4.69, 9.17) is 4.74 Å². The molecule has 1 heterocycles. The first kappa shape index (κ1) is 35.5. The molecule has 1 unspecified atom stereocenters. The molecule has 10 nitrogen and oxygen atoms in total. The van der Waals surface area contributed by atoms with Crippen molar-refractivity contribution < 1.29 is 27.9 Å². The van der Waals surface area contributed by atoms with E-state index in [0.29, 0.717) is 5.75 Å². The first-order valence-electron chi connectivity index (χ1n) is 15.4. The zero-order valence-electron chi connectivity index (χ0n) is 27.0. The van der Waals surface area contributed by atoms with Crippen molar-refractivity contribution in [2.75, 3.05) is 39.8 Å². The average Bonchev–Trinajstić information content (AvgIpc) is 3.47. The molecule has 0 spiro atoms. The number of hydrogen-bond acceptors (Lipinski definition) is 7. The number of hydrogen-bond donors (Lipinski definition) is 3. The third kappa shape index (κ3) is 10.3. The van der Waals surface area contributed by atoms with Crippen molar-refractivity contribution in [3.05, 3.63) is 60.2 Å². The molecule has 1 fully saturated rings. The first-order chi connectivity index (χ1) is 20.7. The molecule has 11 heteroatoms. The van der Waals surface area contributed by atoms with Gasteiger partial charge in [0.2, 0.25) is 21.8 Å². The van der Waals surface area contributed by atoms with Gasteiger partial charge in [0, 0.05) is 13.1 Å². The smallest absolute Gasteiger partial charge is 0.243 e. The summed E-state index contributed by atoms with van der Waals surface area (Å²) in [5, 5.41) is 17.5. The van der Waals surface area contributed by atoms with Crippen LogP contribution in [0, 0.1) is 11.3 Å². The van der Waals surface area contributed by atoms with Crippen LogP contribution in [0.1, 0.15) is 53.0 Å². The third-order valence-corrected chi connectivity index (χ3v) is 9.59. The minimum absolute atomic E-state index is 0.0199. The second kappa shape index (κ2) is 15.8. The number of sulfonamides is 1. The lowest BCUT2D eigenvalue weighted by atomic mass is 9.85. The molecule has 3 N–H and O–H groups in total. The summed E-state index contributed by atoms with van der Waals surface area (Å²) in [7, 11) is -2.47. The quantitative estimate of drug-likeness (QED) is 0.276. The zero-order chi connectivity index (χ0) is 32.5. The molecule has 1 aliphatic heterocycles. The fourth-order valence-electron chi connectivity index (χ4n) is 5.35. The number of methoxy groups -OCH3 is 1. The van der Waals surface area contributed by atoms with Gasteiger partial charge in [-0.25, -0.2) is 8.42 Å². The Balaban J connectivity index is 1.86. The highest BCUT2D eigenvalue weighted by Gasteiger charge is 2.37. The van der Waals surface area contributed by atoms with Crippen molar-refractivity contribution in [2.45, 2.75) is 77.0 Å². The van der Waals surface area contributed by atoms with E-state index in [0.717, 1.165) is 31.5 Å². The molecular formula is C33H50N4O6S. The Kier molecular flexibility index (Phi) is 12.8. The highest BCUT2D eigenvalue weighted by molar-refractivity contribution is 7.89. The molecule has 3 atom stereocenters. The van der Waals surface area contributed by atoms with Crippen molar-refractivity contribution in [3.8, 4) is 5.75 Å². The maximum Gasteiger partial charge on any atom is 0.243 e. The van der Waals surface area contributed by atoms with Crippen molar-refractivity contribution in [3.63, 3.8) is 0 Å². The molecule has 1 saturated heterocycles. The van der Waals surface area contributed by atoms with Crippen LogP contribution in [-0.2, 0) is 26.0 Å². The Morgan fingerprint density at radius 2 is 1.59 bits per heavy atom. The largest absolute Gasteiger partial charge is 0.497 e. The van der Waals surface area contributed by atoms with Crippen molar-refractivity contribution in [1.29, 1.82) is 0 Å². The topological polar surface area (TPSA) is 128 Å². The number of rotatable bonds is 15. The number of likely N-dealkylation sites (tertiary alicyclic amines) is 1. The Hall–Kier alpha value is -2.99. The van der Waals surface area contributed by atoms with Gasteiger partial charge in [0.1, 0.15) is 11.8 Å². The van der Waals surface area contributed by atoms with Gasteiger partial charge in [-0.1, -0.05) is 65.0 Å². The molecule has 2 amide bonds. The zero-order valence-corrected chi connectivity index (χ0v) is 27.8. The second-order valence-electron chi connectivity index (χ2n) is 13.1. The molecule has 3 rings (SSSR count). The van der Waals surface area contributed by atoms with E-state index in [1.165, 1.54) is 23.5 Å². The Morgan fingerprint density at radius 3 is 2.14 bits per heavy atom. The summed E-state index contributed by atoms with van der Waals surface area (Å²) < 4.78 is 33.9. The Labute approximate surface area is 263 Å². The van der Waals surface area contributed by atoms with E-state index in [1.807, 2.05) is 65.0 Å². The SMILES string of the molecule is COc1ccc(S(=O)(=O)N(CC(C)C)CC(O)[C@H](Cc2ccccc2)NC(=O)[C@@H](NC(=O)CN2CCCC2)C(C)(C)C)cc1. The number of carbonyl (C=O) groups excluding carboxylic acids is 2. The molecule has 0 saturated carbocycles. The molecule has 44 heavy (non-hydrogen) atoms. The Morgan fingerprint density at radius 1 is 0.977 bits per heavy atom. The normalized spacial score (nSPS) is 16.5. The monoisotopic (exact) mass is 630 g/mol. The van der Waals surface area contributed by atoms with Crippen LogP contribution in [-0.4, -0.2) is 92.6 Å². The van der Waals surface area contributed by atoms with Gasteiger partial charge in [0.05, 0.1) is 30.7 Å². The van der Waals surface area contributed by atoms with Crippen molar-refractivity contribution >= 4 is 21.8 Å². The number of benzene rings is 2. The van der Waals surface area contributed by atoms with Crippen LogP contribution >= 0.6 is 0 Å². The molecule has 0 bridgehead atoms. The van der Waals surface area contributed by atoms with Gasteiger partial charge in [-0.2, -0.15) is 4.31 Å². The summed E-state index contributed by atoms with van der Waals surface area (Å²) in [5.41, 5.74) is 0.254. The van der Waals surface area contributed by atoms with E-state index in [2.05, 4.69) is 15.5 Å². The van der Waals surface area contributed by atoms with E-state index in [-0.39, 0.29) is 42.8 Å². The minimum atomic E-state index is -3.97. The molecule has 0 radical (unpaired) electrons. The number of ether oxygens (including phenoxy) is 1. The molecular weight excluding hydrogens is 580 g/mol. The van der Waals surface area contributed by atoms with Gasteiger partial charge >= 0.3 is 0 Å². The molecule has 1 aliphatic rings. The fraction of sp³-hybridized carbons (Fsp3) is 0.576. The predicted molar refractivity (Wildman–Crippen MR) is 172 cm³/mol. The maximum atomic E-state index is 13.8. The summed E-state index contributed by atoms with van der Waals surface area (Å²) in [5.74, 6) is -0.143. The highest BCUT2D eigenvalue weighted by atomic mass is 32.2. The summed E-state index contributed by atoms with van der Waals surface area (Å²) in [4.78, 5) is 28.9. The fourth-order valence-corrected chi connectivity index (χ4v) is 6.98. The average molecular weight is 631 g/mol. The summed E-state index contributed by atoms with van der Waals surface area (Å²) in [6.07, 6.45) is 1.13. The van der Waals surface area contributed by atoms with Crippen molar-refractivity contribution in [2.24, 2.45) is 11.3 Å². The number of nitrogens with one attached hydrogen (secondary N) is 2. The standard InChI is InChI=1S/C33H50N4O6S/c1-24(2)21-37(44(41,42)27-16-14-26(43-6)15-17-27)22-29(38)28(20-25-12-8-7-9-13-25)34-32(40)31(33(3,4)5)35-30(39)23-36-18-10-11-19-36/h7-9,12-17,24,28-29,31,38H,10-11,18-23H2,1-6H3,(H,34,40)(H,35,39)/t28-,29?,31+/m0/s1.